The number of rotatable bonds is 11. The Kier molecular flexibility index (Phi) is 8.11. The minimum atomic E-state index is -1.02. The normalized spacial score (nSPS) is 21.2. The van der Waals surface area contributed by atoms with Crippen LogP contribution in [0.3, 0.4) is 0 Å². The van der Waals surface area contributed by atoms with E-state index < -0.39 is 6.17 Å². The monoisotopic (exact) mass is 469 g/mol. The third-order valence-electron chi connectivity index (χ3n) is 5.91. The Morgan fingerprint density at radius 2 is 2.21 bits per heavy atom. The quantitative estimate of drug-likeness (QED) is 0.146. The largest absolute Gasteiger partial charge is 0.382 e. The standard InChI is InChI=1S/C23H32FN9O/c1-4-33(22(34)20-19(30-27-12-11-25)8-5-16(3)29-20)23(9-10-23)14-28-32-31-21(26)17-6-7-18(24)15(2)13-17/h5-8,11-13,15,18,25,28,30,32H,4,9-10,14H2,1-3H3,(H2,26,31). The predicted octanol–water partition coefficient (Wildman–Crippen LogP) is 2.27. The van der Waals surface area contributed by atoms with E-state index in [2.05, 4.69) is 31.6 Å². The van der Waals surface area contributed by atoms with Crippen molar-refractivity contribution in [2.75, 3.05) is 18.5 Å². The molecule has 10 nitrogen and oxygen atoms in total. The fraction of sp³-hybridized carbons (Fsp3) is 0.435. The highest BCUT2D eigenvalue weighted by molar-refractivity contribution is 6.14. The minimum Gasteiger partial charge on any atom is -0.382 e. The van der Waals surface area contributed by atoms with E-state index in [1.54, 1.807) is 36.1 Å². The van der Waals surface area contributed by atoms with Gasteiger partial charge in [-0.1, -0.05) is 19.1 Å². The number of allylic oxidation sites excluding steroid dienone is 2. The first-order valence-corrected chi connectivity index (χ1v) is 11.2. The summed E-state index contributed by atoms with van der Waals surface area (Å²) in [6.45, 7) is 6.50. The van der Waals surface area contributed by atoms with Crippen LogP contribution >= 0.6 is 0 Å². The molecule has 2 unspecified atom stereocenters. The van der Waals surface area contributed by atoms with E-state index in [0.29, 0.717) is 24.4 Å². The van der Waals surface area contributed by atoms with E-state index in [-0.39, 0.29) is 28.9 Å². The number of aromatic nitrogens is 1. The van der Waals surface area contributed by atoms with Gasteiger partial charge in [-0.2, -0.15) is 5.10 Å². The van der Waals surface area contributed by atoms with Crippen molar-refractivity contribution in [3.63, 3.8) is 0 Å². The van der Waals surface area contributed by atoms with Crippen LogP contribution in [0.2, 0.25) is 0 Å². The maximum absolute atomic E-state index is 13.6. The lowest BCUT2D eigenvalue weighted by Gasteiger charge is -2.31. The van der Waals surface area contributed by atoms with Crippen molar-refractivity contribution in [2.45, 2.75) is 45.3 Å². The van der Waals surface area contributed by atoms with Crippen LogP contribution in [0.5, 0.6) is 0 Å². The van der Waals surface area contributed by atoms with Gasteiger partial charge < -0.3 is 16.0 Å². The number of anilines is 1. The predicted molar refractivity (Wildman–Crippen MR) is 133 cm³/mol. The molecule has 2 aliphatic carbocycles. The average Bonchev–Trinajstić information content (AvgIpc) is 3.60. The van der Waals surface area contributed by atoms with Crippen molar-refractivity contribution >= 4 is 29.9 Å². The molecule has 1 saturated carbocycles. The van der Waals surface area contributed by atoms with Gasteiger partial charge in [0, 0.05) is 36.5 Å². The Labute approximate surface area is 198 Å². The number of hydrogen-bond donors (Lipinski definition) is 5. The summed E-state index contributed by atoms with van der Waals surface area (Å²) in [6.07, 6.45) is 7.83. The first kappa shape index (κ1) is 25.0. The molecule has 1 amide bonds. The summed E-state index contributed by atoms with van der Waals surface area (Å²) < 4.78 is 13.6. The van der Waals surface area contributed by atoms with Crippen LogP contribution in [0.4, 0.5) is 10.1 Å². The molecule has 0 radical (unpaired) electrons. The van der Waals surface area contributed by atoms with Gasteiger partial charge >= 0.3 is 0 Å². The number of amidine groups is 1. The molecule has 1 fully saturated rings. The maximum Gasteiger partial charge on any atom is 0.275 e. The molecule has 0 bridgehead atoms. The molecule has 11 heteroatoms. The number of carbonyl (C=O) groups excluding carboxylic acids is 1. The Bertz CT molecular complexity index is 1030. The molecule has 0 saturated heterocycles. The molecule has 2 aliphatic rings. The lowest BCUT2D eigenvalue weighted by atomic mass is 9.96. The second-order valence-electron chi connectivity index (χ2n) is 8.43. The maximum atomic E-state index is 13.6. The third-order valence-corrected chi connectivity index (χ3v) is 5.91. The molecule has 3 rings (SSSR count). The van der Waals surface area contributed by atoms with Crippen molar-refractivity contribution in [3.05, 3.63) is 47.3 Å². The molecule has 1 aromatic rings. The molecule has 1 aromatic heterocycles. The number of halogens is 1. The summed E-state index contributed by atoms with van der Waals surface area (Å²) in [5, 5.41) is 15.1. The lowest BCUT2D eigenvalue weighted by Crippen LogP contribution is -2.50. The molecule has 6 N–H and O–H groups in total. The second kappa shape index (κ2) is 11.0. The number of nitrogens with zero attached hydrogens (tertiary/aromatic N) is 4. The number of pyridine rings is 1. The van der Waals surface area contributed by atoms with Gasteiger partial charge in [-0.15, -0.1) is 5.10 Å². The first-order valence-electron chi connectivity index (χ1n) is 11.2. The second-order valence-corrected chi connectivity index (χ2v) is 8.43. The number of amides is 1. The van der Waals surface area contributed by atoms with E-state index in [1.165, 1.54) is 12.3 Å². The zero-order chi connectivity index (χ0) is 24.7. The summed E-state index contributed by atoms with van der Waals surface area (Å²) in [5.41, 5.74) is 16.4. The number of likely N-dealkylation sites (N-methyl/N-ethyl adjacent to an activating group) is 1. The van der Waals surface area contributed by atoms with Gasteiger partial charge in [-0.05, 0) is 44.9 Å². The van der Waals surface area contributed by atoms with Crippen LogP contribution < -0.4 is 22.1 Å². The molecule has 2 atom stereocenters. The zero-order valence-electron chi connectivity index (χ0n) is 19.7. The van der Waals surface area contributed by atoms with Crippen LogP contribution in [0.25, 0.3) is 0 Å². The van der Waals surface area contributed by atoms with Crippen molar-refractivity contribution in [3.8, 4) is 0 Å². The number of nitrogens with two attached hydrogens (primary N) is 1. The summed E-state index contributed by atoms with van der Waals surface area (Å²) in [7, 11) is 0. The number of carbonyl (C=O) groups is 1. The summed E-state index contributed by atoms with van der Waals surface area (Å²) in [5.74, 6) is -0.208. The molecule has 0 spiro atoms. The molecule has 0 aromatic carbocycles. The highest BCUT2D eigenvalue weighted by atomic mass is 19.1. The number of hydrogen-bond acceptors (Lipinski definition) is 8. The zero-order valence-corrected chi connectivity index (χ0v) is 19.7. The van der Waals surface area contributed by atoms with Gasteiger partial charge in [0.2, 0.25) is 0 Å². The van der Waals surface area contributed by atoms with Gasteiger partial charge in [0.05, 0.1) is 17.4 Å². The fourth-order valence-corrected chi connectivity index (χ4v) is 3.80. The fourth-order valence-electron chi connectivity index (χ4n) is 3.80. The highest BCUT2D eigenvalue weighted by Gasteiger charge is 2.50. The van der Waals surface area contributed by atoms with E-state index >= 15 is 0 Å². The molecule has 182 valence electrons. The molecule has 0 aliphatic heterocycles. The summed E-state index contributed by atoms with van der Waals surface area (Å²) in [4.78, 5) is 19.7. The summed E-state index contributed by atoms with van der Waals surface area (Å²) in [6, 6.07) is 3.55. The van der Waals surface area contributed by atoms with E-state index in [1.807, 2.05) is 13.8 Å². The van der Waals surface area contributed by atoms with Gasteiger partial charge in [0.1, 0.15) is 6.17 Å². The minimum absolute atomic E-state index is 0.201. The van der Waals surface area contributed by atoms with Gasteiger partial charge in [0.15, 0.2) is 11.5 Å². The Balaban J connectivity index is 1.66. The summed E-state index contributed by atoms with van der Waals surface area (Å²) >= 11 is 0. The highest BCUT2D eigenvalue weighted by Crippen LogP contribution is 2.42. The van der Waals surface area contributed by atoms with Crippen molar-refractivity contribution in [1.29, 1.82) is 5.41 Å². The number of nitrogens with one attached hydrogen (secondary N) is 4. The third kappa shape index (κ3) is 5.84. The van der Waals surface area contributed by atoms with Crippen LogP contribution in [-0.4, -0.2) is 58.9 Å². The molecule has 34 heavy (non-hydrogen) atoms. The van der Waals surface area contributed by atoms with Gasteiger partial charge in [0.25, 0.3) is 5.91 Å². The van der Waals surface area contributed by atoms with Crippen molar-refractivity contribution < 1.29 is 9.18 Å². The van der Waals surface area contributed by atoms with Crippen LogP contribution in [0, 0.1) is 18.3 Å². The Hall–Kier alpha value is -3.60. The van der Waals surface area contributed by atoms with Crippen LogP contribution in [0.1, 0.15) is 42.9 Å². The first-order chi connectivity index (χ1) is 16.3. The average molecular weight is 470 g/mol. The van der Waals surface area contributed by atoms with E-state index in [0.717, 1.165) is 24.8 Å². The number of aryl methyl sites for hydroxylation is 1. The number of alkyl halides is 1. The molecular formula is C23H32FN9O. The van der Waals surface area contributed by atoms with Crippen molar-refractivity contribution in [1.82, 2.24) is 20.8 Å². The number of hydrazine groups is 1. The van der Waals surface area contributed by atoms with Gasteiger partial charge in [-0.25, -0.2) is 20.3 Å². The van der Waals surface area contributed by atoms with E-state index in [4.69, 9.17) is 11.1 Å². The Morgan fingerprint density at radius 3 is 2.85 bits per heavy atom. The number of hydrazone groups is 2. The lowest BCUT2D eigenvalue weighted by molar-refractivity contribution is 0.0650. The SMILES string of the molecule is CCN(C(=O)c1nc(C)ccc1NN=CC=N)C1(CNNN=C(N)C2=CC(C)C(F)C=C2)CC1. The van der Waals surface area contributed by atoms with Crippen LogP contribution in [0.15, 0.2) is 46.1 Å². The molecule has 1 heterocycles. The topological polar surface area (TPSA) is 144 Å². The van der Waals surface area contributed by atoms with E-state index in [9.17, 15) is 9.18 Å². The van der Waals surface area contributed by atoms with Crippen molar-refractivity contribution in [2.24, 2.45) is 21.9 Å². The van der Waals surface area contributed by atoms with Crippen LogP contribution in [-0.2, 0) is 0 Å². The Morgan fingerprint density at radius 1 is 1.44 bits per heavy atom. The smallest absolute Gasteiger partial charge is 0.275 e. The molecular weight excluding hydrogens is 437 g/mol. The van der Waals surface area contributed by atoms with Gasteiger partial charge in [-0.3, -0.25) is 10.2 Å².